The minimum Gasteiger partial charge on any atom is -0.476 e. The van der Waals surface area contributed by atoms with Crippen molar-refractivity contribution in [2.45, 2.75) is 20.4 Å². The first-order valence-electron chi connectivity index (χ1n) is 4.36. The summed E-state index contributed by atoms with van der Waals surface area (Å²) in [6.45, 7) is 5.25. The molecule has 0 aliphatic heterocycles. The molecule has 4 heteroatoms. The van der Waals surface area contributed by atoms with Crippen LogP contribution in [-0.2, 0) is 6.54 Å². The molecule has 0 amide bonds. The molecular formula is C9H15N3O. The number of nitrogens with two attached hydrogens (primary N) is 1. The van der Waals surface area contributed by atoms with Crippen molar-refractivity contribution in [2.75, 3.05) is 6.61 Å². The van der Waals surface area contributed by atoms with Crippen LogP contribution in [0, 0.1) is 5.92 Å². The molecule has 4 nitrogen and oxygen atoms in total. The van der Waals surface area contributed by atoms with Gasteiger partial charge in [-0.2, -0.15) is 0 Å². The Balaban J connectivity index is 2.49. The molecule has 1 aromatic rings. The van der Waals surface area contributed by atoms with Crippen molar-refractivity contribution in [3.63, 3.8) is 0 Å². The molecule has 2 N–H and O–H groups in total. The first kappa shape index (κ1) is 9.92. The van der Waals surface area contributed by atoms with E-state index < -0.39 is 0 Å². The minimum absolute atomic E-state index is 0.414. The number of hydrogen-bond donors (Lipinski definition) is 1. The molecule has 1 heterocycles. The van der Waals surface area contributed by atoms with E-state index in [2.05, 4.69) is 23.8 Å². The maximum Gasteiger partial charge on any atom is 0.232 e. The van der Waals surface area contributed by atoms with Gasteiger partial charge in [0.05, 0.1) is 24.7 Å². The zero-order chi connectivity index (χ0) is 9.68. The fourth-order valence-corrected chi connectivity index (χ4v) is 0.775. The highest BCUT2D eigenvalue weighted by molar-refractivity contribution is 5.06. The Morgan fingerprint density at radius 2 is 2.15 bits per heavy atom. The molecular weight excluding hydrogens is 166 g/mol. The first-order valence-corrected chi connectivity index (χ1v) is 4.36. The van der Waals surface area contributed by atoms with Crippen molar-refractivity contribution in [3.05, 3.63) is 18.1 Å². The van der Waals surface area contributed by atoms with Crippen molar-refractivity contribution in [1.82, 2.24) is 9.97 Å². The fourth-order valence-electron chi connectivity index (χ4n) is 0.775. The van der Waals surface area contributed by atoms with Crippen LogP contribution in [0.25, 0.3) is 0 Å². The molecule has 0 aliphatic rings. The largest absolute Gasteiger partial charge is 0.476 e. The summed E-state index contributed by atoms with van der Waals surface area (Å²) in [6, 6.07) is 0. The smallest absolute Gasteiger partial charge is 0.232 e. The summed E-state index contributed by atoms with van der Waals surface area (Å²) in [6.07, 6.45) is 3.24. The fraction of sp³-hybridized carbons (Fsp3) is 0.556. The van der Waals surface area contributed by atoms with E-state index in [0.29, 0.717) is 24.9 Å². The van der Waals surface area contributed by atoms with Crippen LogP contribution in [0.3, 0.4) is 0 Å². The van der Waals surface area contributed by atoms with E-state index in [9.17, 15) is 0 Å². The second-order valence-electron chi connectivity index (χ2n) is 3.25. The van der Waals surface area contributed by atoms with Crippen molar-refractivity contribution >= 4 is 0 Å². The van der Waals surface area contributed by atoms with Gasteiger partial charge in [0.2, 0.25) is 5.88 Å². The molecule has 0 atom stereocenters. The van der Waals surface area contributed by atoms with E-state index >= 15 is 0 Å². The average molecular weight is 181 g/mol. The predicted octanol–water partition coefficient (Wildman–Crippen LogP) is 0.970. The summed E-state index contributed by atoms with van der Waals surface area (Å²) in [5.41, 5.74) is 6.15. The van der Waals surface area contributed by atoms with E-state index in [1.807, 2.05) is 0 Å². The van der Waals surface area contributed by atoms with Gasteiger partial charge in [-0.1, -0.05) is 13.8 Å². The number of ether oxygens (including phenoxy) is 1. The quantitative estimate of drug-likeness (QED) is 0.751. The zero-order valence-electron chi connectivity index (χ0n) is 8.03. The lowest BCUT2D eigenvalue weighted by atomic mass is 10.2. The minimum atomic E-state index is 0.414. The Bertz CT molecular complexity index is 246. The number of nitrogens with zero attached hydrogens (tertiary/aromatic N) is 2. The summed E-state index contributed by atoms with van der Waals surface area (Å²) < 4.78 is 5.35. The number of aromatic nitrogens is 2. The molecule has 0 spiro atoms. The predicted molar refractivity (Wildman–Crippen MR) is 50.3 cm³/mol. The standard InChI is InChI=1S/C9H15N3O/c1-7(2)6-13-9-5-11-8(3-10)4-12-9/h4-5,7H,3,6,10H2,1-2H3. The Kier molecular flexibility index (Phi) is 3.64. The Morgan fingerprint density at radius 1 is 1.38 bits per heavy atom. The van der Waals surface area contributed by atoms with Crippen molar-refractivity contribution < 1.29 is 4.74 Å². The molecule has 13 heavy (non-hydrogen) atoms. The topological polar surface area (TPSA) is 61.0 Å². The molecule has 0 aliphatic carbocycles. The van der Waals surface area contributed by atoms with Crippen LogP contribution in [0.15, 0.2) is 12.4 Å². The Morgan fingerprint density at radius 3 is 2.62 bits per heavy atom. The molecule has 0 saturated heterocycles. The SMILES string of the molecule is CC(C)COc1cnc(CN)cn1. The van der Waals surface area contributed by atoms with Gasteiger partial charge in [0, 0.05) is 6.54 Å². The van der Waals surface area contributed by atoms with Crippen LogP contribution in [0.2, 0.25) is 0 Å². The van der Waals surface area contributed by atoms with Gasteiger partial charge >= 0.3 is 0 Å². The molecule has 0 fully saturated rings. The summed E-state index contributed by atoms with van der Waals surface area (Å²) in [7, 11) is 0. The highest BCUT2D eigenvalue weighted by Crippen LogP contribution is 2.05. The second-order valence-corrected chi connectivity index (χ2v) is 3.25. The zero-order valence-corrected chi connectivity index (χ0v) is 8.03. The van der Waals surface area contributed by atoms with Gasteiger partial charge in [-0.05, 0) is 5.92 Å². The normalized spacial score (nSPS) is 10.5. The highest BCUT2D eigenvalue weighted by Gasteiger charge is 1.98. The van der Waals surface area contributed by atoms with Crippen molar-refractivity contribution in [3.8, 4) is 5.88 Å². The van der Waals surface area contributed by atoms with Gasteiger partial charge in [-0.25, -0.2) is 4.98 Å². The lowest BCUT2D eigenvalue weighted by Gasteiger charge is -2.06. The molecule has 0 radical (unpaired) electrons. The van der Waals surface area contributed by atoms with Crippen LogP contribution in [0.5, 0.6) is 5.88 Å². The Labute approximate surface area is 78.1 Å². The monoisotopic (exact) mass is 181 g/mol. The maximum atomic E-state index is 5.38. The molecule has 0 saturated carbocycles. The molecule has 0 bridgehead atoms. The van der Waals surface area contributed by atoms with E-state index in [1.54, 1.807) is 12.4 Å². The van der Waals surface area contributed by atoms with E-state index in [0.717, 1.165) is 5.69 Å². The summed E-state index contributed by atoms with van der Waals surface area (Å²) in [5, 5.41) is 0. The molecule has 72 valence electrons. The van der Waals surface area contributed by atoms with Gasteiger partial charge in [0.1, 0.15) is 0 Å². The van der Waals surface area contributed by atoms with Crippen LogP contribution < -0.4 is 10.5 Å². The van der Waals surface area contributed by atoms with Crippen molar-refractivity contribution in [2.24, 2.45) is 11.7 Å². The average Bonchev–Trinajstić information content (AvgIpc) is 2.15. The third kappa shape index (κ3) is 3.38. The van der Waals surface area contributed by atoms with Crippen LogP contribution in [-0.4, -0.2) is 16.6 Å². The molecule has 1 rings (SSSR count). The first-order chi connectivity index (χ1) is 6.22. The highest BCUT2D eigenvalue weighted by atomic mass is 16.5. The number of hydrogen-bond acceptors (Lipinski definition) is 4. The van der Waals surface area contributed by atoms with Gasteiger partial charge in [-0.15, -0.1) is 0 Å². The van der Waals surface area contributed by atoms with Crippen LogP contribution in [0.4, 0.5) is 0 Å². The lowest BCUT2D eigenvalue weighted by Crippen LogP contribution is -2.07. The molecule has 0 unspecified atom stereocenters. The summed E-state index contributed by atoms with van der Waals surface area (Å²) >= 11 is 0. The van der Waals surface area contributed by atoms with Gasteiger partial charge in [0.15, 0.2) is 0 Å². The van der Waals surface area contributed by atoms with Crippen LogP contribution >= 0.6 is 0 Å². The summed E-state index contributed by atoms with van der Waals surface area (Å²) in [4.78, 5) is 8.12. The molecule has 0 aromatic carbocycles. The lowest BCUT2D eigenvalue weighted by molar-refractivity contribution is 0.260. The third-order valence-corrected chi connectivity index (χ3v) is 1.46. The van der Waals surface area contributed by atoms with E-state index in [1.165, 1.54) is 0 Å². The third-order valence-electron chi connectivity index (χ3n) is 1.46. The van der Waals surface area contributed by atoms with Crippen LogP contribution in [0.1, 0.15) is 19.5 Å². The van der Waals surface area contributed by atoms with E-state index in [4.69, 9.17) is 10.5 Å². The second kappa shape index (κ2) is 4.77. The number of rotatable bonds is 4. The summed E-state index contributed by atoms with van der Waals surface area (Å²) in [5.74, 6) is 1.06. The van der Waals surface area contributed by atoms with Crippen molar-refractivity contribution in [1.29, 1.82) is 0 Å². The van der Waals surface area contributed by atoms with E-state index in [-0.39, 0.29) is 0 Å². The molecule has 1 aromatic heterocycles. The van der Waals surface area contributed by atoms with Gasteiger partial charge < -0.3 is 10.5 Å². The van der Waals surface area contributed by atoms with Gasteiger partial charge in [-0.3, -0.25) is 4.98 Å². The Hall–Kier alpha value is -1.16. The maximum absolute atomic E-state index is 5.38. The van der Waals surface area contributed by atoms with Gasteiger partial charge in [0.25, 0.3) is 0 Å².